The zero-order chi connectivity index (χ0) is 18.5. The summed E-state index contributed by atoms with van der Waals surface area (Å²) in [5.74, 6) is 0. The fraction of sp³-hybridized carbons (Fsp3) is 0. The molecule has 0 aliphatic heterocycles. The molecule has 0 amide bonds. The van der Waals surface area contributed by atoms with E-state index in [1.807, 2.05) is 22.7 Å². The summed E-state index contributed by atoms with van der Waals surface area (Å²) < 4.78 is 5.41. The van der Waals surface area contributed by atoms with E-state index in [1.54, 1.807) is 0 Å². The van der Waals surface area contributed by atoms with Crippen LogP contribution in [-0.2, 0) is 0 Å². The molecule has 28 heavy (non-hydrogen) atoms. The van der Waals surface area contributed by atoms with E-state index in [-0.39, 0.29) is 0 Å². The summed E-state index contributed by atoms with van der Waals surface area (Å²) in [6, 6.07) is 30.9. The van der Waals surface area contributed by atoms with Crippen molar-refractivity contribution in [3.05, 3.63) is 96.1 Å². The van der Waals surface area contributed by atoms with Gasteiger partial charge in [-0.05, 0) is 47.5 Å². The van der Waals surface area contributed by atoms with Crippen molar-refractivity contribution in [3.63, 3.8) is 0 Å². The highest BCUT2D eigenvalue weighted by Gasteiger charge is 2.05. The van der Waals surface area contributed by atoms with Gasteiger partial charge in [0.05, 0.1) is 0 Å². The van der Waals surface area contributed by atoms with Gasteiger partial charge in [-0.15, -0.1) is 22.7 Å². The van der Waals surface area contributed by atoms with E-state index in [2.05, 4.69) is 97.1 Å². The highest BCUT2D eigenvalue weighted by Crippen LogP contribution is 2.36. The summed E-state index contributed by atoms with van der Waals surface area (Å²) in [5.41, 5.74) is 2.48. The molecule has 0 nitrogen and oxygen atoms in total. The largest absolute Gasteiger partial charge is 0.135 e. The lowest BCUT2D eigenvalue weighted by molar-refractivity contribution is 1.75. The third-order valence-electron chi connectivity index (χ3n) is 5.27. The van der Waals surface area contributed by atoms with Gasteiger partial charge in [0, 0.05) is 40.3 Å². The molecule has 0 saturated heterocycles. The van der Waals surface area contributed by atoms with Gasteiger partial charge >= 0.3 is 0 Å². The van der Waals surface area contributed by atoms with Gasteiger partial charge in [0.2, 0.25) is 0 Å². The minimum atomic E-state index is 1.24. The Labute approximate surface area is 171 Å². The SMILES string of the molecule is C(=C/c1ccc2sc3ccccc3c2c1)/c1ccc2sc3ccccc3c2c1. The zero-order valence-corrected chi connectivity index (χ0v) is 16.7. The van der Waals surface area contributed by atoms with Gasteiger partial charge in [0.25, 0.3) is 0 Å². The molecule has 0 radical (unpaired) electrons. The van der Waals surface area contributed by atoms with Crippen LogP contribution in [0.25, 0.3) is 52.5 Å². The first-order chi connectivity index (χ1) is 13.8. The Bertz CT molecular complexity index is 1400. The molecule has 2 heteroatoms. The van der Waals surface area contributed by atoms with Gasteiger partial charge in [-0.3, -0.25) is 0 Å². The summed E-state index contributed by atoms with van der Waals surface area (Å²) in [5, 5.41) is 5.40. The smallest absolute Gasteiger partial charge is 0.0355 e. The molecule has 0 aliphatic rings. The summed E-state index contributed by atoms with van der Waals surface area (Å²) in [6.45, 7) is 0. The van der Waals surface area contributed by atoms with Crippen LogP contribution in [0.5, 0.6) is 0 Å². The molecule has 2 aromatic heterocycles. The van der Waals surface area contributed by atoms with Crippen molar-refractivity contribution in [3.8, 4) is 0 Å². The Morgan fingerprint density at radius 3 is 1.36 bits per heavy atom. The predicted octanol–water partition coefficient (Wildman–Crippen LogP) is 8.59. The van der Waals surface area contributed by atoms with Gasteiger partial charge in [0.1, 0.15) is 0 Å². The first kappa shape index (κ1) is 16.1. The van der Waals surface area contributed by atoms with Gasteiger partial charge in [-0.25, -0.2) is 0 Å². The molecule has 6 rings (SSSR count). The minimum Gasteiger partial charge on any atom is -0.135 e. The molecule has 2 heterocycles. The molecule has 0 saturated carbocycles. The van der Waals surface area contributed by atoms with Crippen molar-refractivity contribution in [2.75, 3.05) is 0 Å². The quantitative estimate of drug-likeness (QED) is 0.259. The molecule has 0 atom stereocenters. The first-order valence-electron chi connectivity index (χ1n) is 9.36. The lowest BCUT2D eigenvalue weighted by Crippen LogP contribution is -1.74. The number of fused-ring (bicyclic) bond motifs is 6. The van der Waals surface area contributed by atoms with E-state index in [0.717, 1.165) is 0 Å². The van der Waals surface area contributed by atoms with Crippen molar-refractivity contribution >= 4 is 75.2 Å². The standard InChI is InChI=1S/C26H16S2/c1-3-7-23-19(5-1)21-15-17(11-13-25(21)27-23)9-10-18-12-14-26-22(16-18)20-6-2-4-8-24(20)28-26/h1-16H/b10-9-. The van der Waals surface area contributed by atoms with Gasteiger partial charge in [-0.1, -0.05) is 60.7 Å². The molecular weight excluding hydrogens is 376 g/mol. The van der Waals surface area contributed by atoms with Crippen LogP contribution in [0.2, 0.25) is 0 Å². The Balaban J connectivity index is 1.43. The number of benzene rings is 4. The van der Waals surface area contributed by atoms with Crippen LogP contribution >= 0.6 is 22.7 Å². The average molecular weight is 393 g/mol. The van der Waals surface area contributed by atoms with E-state index in [9.17, 15) is 0 Å². The van der Waals surface area contributed by atoms with Crippen LogP contribution in [0, 0.1) is 0 Å². The number of thiophene rings is 2. The summed E-state index contributed by atoms with van der Waals surface area (Å²) >= 11 is 3.73. The second-order valence-corrected chi connectivity index (χ2v) is 9.21. The molecule has 132 valence electrons. The maximum absolute atomic E-state index is 2.31. The molecule has 0 unspecified atom stereocenters. The Morgan fingerprint density at radius 1 is 0.429 bits per heavy atom. The van der Waals surface area contributed by atoms with Crippen LogP contribution in [-0.4, -0.2) is 0 Å². The van der Waals surface area contributed by atoms with Crippen LogP contribution < -0.4 is 0 Å². The maximum atomic E-state index is 2.31. The Kier molecular flexibility index (Phi) is 3.61. The fourth-order valence-electron chi connectivity index (χ4n) is 3.89. The lowest BCUT2D eigenvalue weighted by Gasteiger charge is -1.98. The van der Waals surface area contributed by atoms with E-state index in [4.69, 9.17) is 0 Å². The van der Waals surface area contributed by atoms with Crippen molar-refractivity contribution < 1.29 is 0 Å². The molecule has 0 spiro atoms. The third-order valence-corrected chi connectivity index (χ3v) is 7.57. The van der Waals surface area contributed by atoms with Gasteiger partial charge in [0.15, 0.2) is 0 Å². The third kappa shape index (κ3) is 2.57. The van der Waals surface area contributed by atoms with E-state index in [1.165, 1.54) is 51.5 Å². The van der Waals surface area contributed by atoms with Gasteiger partial charge in [-0.2, -0.15) is 0 Å². The maximum Gasteiger partial charge on any atom is 0.0355 e. The van der Waals surface area contributed by atoms with E-state index < -0.39 is 0 Å². The molecule has 6 aromatic rings. The highest BCUT2D eigenvalue weighted by atomic mass is 32.1. The van der Waals surface area contributed by atoms with Crippen LogP contribution in [0.15, 0.2) is 84.9 Å². The van der Waals surface area contributed by atoms with Crippen molar-refractivity contribution in [1.82, 2.24) is 0 Å². The predicted molar refractivity (Wildman–Crippen MR) is 128 cm³/mol. The molecule has 0 fully saturated rings. The first-order valence-corrected chi connectivity index (χ1v) is 11.0. The Morgan fingerprint density at radius 2 is 0.857 bits per heavy atom. The number of hydrogen-bond donors (Lipinski definition) is 0. The molecular formula is C26H16S2. The fourth-order valence-corrected chi connectivity index (χ4v) is 6.06. The summed E-state index contributed by atoms with van der Waals surface area (Å²) in [7, 11) is 0. The molecule has 4 aromatic carbocycles. The van der Waals surface area contributed by atoms with E-state index in [0.29, 0.717) is 0 Å². The second kappa shape index (κ2) is 6.30. The van der Waals surface area contributed by atoms with Crippen LogP contribution in [0.3, 0.4) is 0 Å². The molecule has 0 bridgehead atoms. The van der Waals surface area contributed by atoms with Crippen molar-refractivity contribution in [1.29, 1.82) is 0 Å². The van der Waals surface area contributed by atoms with Crippen LogP contribution in [0.1, 0.15) is 11.1 Å². The zero-order valence-electron chi connectivity index (χ0n) is 15.1. The average Bonchev–Trinajstić information content (AvgIpc) is 3.30. The Hall–Kier alpha value is -2.94. The number of hydrogen-bond acceptors (Lipinski definition) is 2. The van der Waals surface area contributed by atoms with Crippen LogP contribution in [0.4, 0.5) is 0 Å². The van der Waals surface area contributed by atoms with Crippen molar-refractivity contribution in [2.24, 2.45) is 0 Å². The van der Waals surface area contributed by atoms with Gasteiger partial charge < -0.3 is 0 Å². The second-order valence-electron chi connectivity index (χ2n) is 7.04. The minimum absolute atomic E-state index is 1.24. The highest BCUT2D eigenvalue weighted by molar-refractivity contribution is 7.26. The summed E-state index contributed by atoms with van der Waals surface area (Å²) in [4.78, 5) is 0. The summed E-state index contributed by atoms with van der Waals surface area (Å²) in [6.07, 6.45) is 4.45. The van der Waals surface area contributed by atoms with E-state index >= 15 is 0 Å². The van der Waals surface area contributed by atoms with Crippen molar-refractivity contribution in [2.45, 2.75) is 0 Å². The molecule has 0 N–H and O–H groups in total. The topological polar surface area (TPSA) is 0 Å². The molecule has 0 aliphatic carbocycles. The normalized spacial score (nSPS) is 12.1. The monoisotopic (exact) mass is 392 g/mol. The number of rotatable bonds is 2. The lowest BCUT2D eigenvalue weighted by atomic mass is 10.1.